The molecule has 84 valence electrons. The molecule has 0 amide bonds. The number of rotatable bonds is 3. The van der Waals surface area contributed by atoms with Crippen molar-refractivity contribution in [3.63, 3.8) is 0 Å². The van der Waals surface area contributed by atoms with Gasteiger partial charge >= 0.3 is 5.97 Å². The summed E-state index contributed by atoms with van der Waals surface area (Å²) >= 11 is 0. The van der Waals surface area contributed by atoms with Crippen LogP contribution in [-0.4, -0.2) is 24.8 Å². The van der Waals surface area contributed by atoms with Gasteiger partial charge in [-0.25, -0.2) is 4.79 Å². The average molecular weight is 220 g/mol. The number of carbonyl (C=O) groups is 1. The Balaban J connectivity index is 2.19. The Hall–Kier alpha value is -1.97. The fourth-order valence-corrected chi connectivity index (χ4v) is 1.59. The molecule has 1 aliphatic rings. The monoisotopic (exact) mass is 220 g/mol. The third kappa shape index (κ3) is 2.00. The van der Waals surface area contributed by atoms with Crippen LogP contribution in [-0.2, 0) is 16.0 Å². The zero-order valence-electron chi connectivity index (χ0n) is 8.90. The van der Waals surface area contributed by atoms with Crippen LogP contribution in [0.4, 0.5) is 0 Å². The number of phenolic OH excluding ortho intramolecular Hbond substituents is 1. The van der Waals surface area contributed by atoms with E-state index in [2.05, 4.69) is 0 Å². The van der Waals surface area contributed by atoms with Crippen LogP contribution in [0.3, 0.4) is 0 Å². The van der Waals surface area contributed by atoms with E-state index >= 15 is 0 Å². The quantitative estimate of drug-likeness (QED) is 0.783. The van der Waals surface area contributed by atoms with Gasteiger partial charge in [-0.05, 0) is 23.8 Å². The van der Waals surface area contributed by atoms with Crippen molar-refractivity contribution < 1.29 is 19.4 Å². The van der Waals surface area contributed by atoms with E-state index in [4.69, 9.17) is 9.47 Å². The van der Waals surface area contributed by atoms with Crippen molar-refractivity contribution in [3.8, 4) is 11.5 Å². The minimum Gasteiger partial charge on any atom is -0.504 e. The molecule has 0 aromatic heterocycles. The predicted molar refractivity (Wildman–Crippen MR) is 57.4 cm³/mol. The lowest BCUT2D eigenvalue weighted by molar-refractivity contribution is -0.136. The smallest absolute Gasteiger partial charge is 0.334 e. The first-order chi connectivity index (χ1) is 7.70. The molecule has 4 nitrogen and oxygen atoms in total. The second-order valence-electron chi connectivity index (χ2n) is 3.51. The molecule has 0 fully saturated rings. The Kier molecular flexibility index (Phi) is 2.81. The standard InChI is InChI=1S/C12H12O4/c1-15-11-7-8(2-3-10(11)13)6-9-4-5-16-12(9)14/h2-4,7,13H,5-6H2,1H3. The van der Waals surface area contributed by atoms with Gasteiger partial charge in [0.15, 0.2) is 11.5 Å². The van der Waals surface area contributed by atoms with Gasteiger partial charge in [0, 0.05) is 12.0 Å². The van der Waals surface area contributed by atoms with Crippen molar-refractivity contribution in [2.24, 2.45) is 0 Å². The van der Waals surface area contributed by atoms with Gasteiger partial charge in [0.1, 0.15) is 6.61 Å². The molecule has 0 saturated heterocycles. The van der Waals surface area contributed by atoms with Gasteiger partial charge in [-0.1, -0.05) is 6.07 Å². The molecular weight excluding hydrogens is 208 g/mol. The summed E-state index contributed by atoms with van der Waals surface area (Å²) in [5.41, 5.74) is 1.55. The van der Waals surface area contributed by atoms with Crippen LogP contribution in [0.25, 0.3) is 0 Å². The van der Waals surface area contributed by atoms with Gasteiger partial charge in [0.25, 0.3) is 0 Å². The minimum atomic E-state index is -0.271. The van der Waals surface area contributed by atoms with Crippen LogP contribution in [0.1, 0.15) is 5.56 Å². The van der Waals surface area contributed by atoms with Gasteiger partial charge in [-0.2, -0.15) is 0 Å². The number of methoxy groups -OCH3 is 1. The highest BCUT2D eigenvalue weighted by atomic mass is 16.5. The number of esters is 1. The van der Waals surface area contributed by atoms with Crippen molar-refractivity contribution in [1.29, 1.82) is 0 Å². The first-order valence-electron chi connectivity index (χ1n) is 4.92. The van der Waals surface area contributed by atoms with Gasteiger partial charge < -0.3 is 14.6 Å². The van der Waals surface area contributed by atoms with Gasteiger partial charge in [0.05, 0.1) is 7.11 Å². The third-order valence-electron chi connectivity index (χ3n) is 2.45. The highest BCUT2D eigenvalue weighted by Crippen LogP contribution is 2.27. The maximum atomic E-state index is 11.2. The van der Waals surface area contributed by atoms with Crippen molar-refractivity contribution in [3.05, 3.63) is 35.4 Å². The molecule has 1 aliphatic heterocycles. The summed E-state index contributed by atoms with van der Waals surface area (Å²) in [4.78, 5) is 11.2. The van der Waals surface area contributed by atoms with Crippen molar-refractivity contribution in [1.82, 2.24) is 0 Å². The Bertz CT molecular complexity index is 448. The highest BCUT2D eigenvalue weighted by molar-refractivity contribution is 5.90. The Morgan fingerprint density at radius 3 is 2.94 bits per heavy atom. The van der Waals surface area contributed by atoms with E-state index in [1.807, 2.05) is 0 Å². The van der Waals surface area contributed by atoms with Gasteiger partial charge in [-0.3, -0.25) is 0 Å². The number of hydrogen-bond donors (Lipinski definition) is 1. The summed E-state index contributed by atoms with van der Waals surface area (Å²) in [5, 5.41) is 9.42. The van der Waals surface area contributed by atoms with Crippen LogP contribution in [0.5, 0.6) is 11.5 Å². The van der Waals surface area contributed by atoms with Crippen LogP contribution in [0.15, 0.2) is 29.8 Å². The fourth-order valence-electron chi connectivity index (χ4n) is 1.59. The molecule has 0 radical (unpaired) electrons. The number of phenols is 1. The summed E-state index contributed by atoms with van der Waals surface area (Å²) in [6, 6.07) is 5.01. The van der Waals surface area contributed by atoms with E-state index in [1.165, 1.54) is 7.11 Å². The number of carbonyl (C=O) groups excluding carboxylic acids is 1. The summed E-state index contributed by atoms with van der Waals surface area (Å²) in [6.45, 7) is 0.351. The van der Waals surface area contributed by atoms with Crippen LogP contribution in [0.2, 0.25) is 0 Å². The Labute approximate surface area is 93.1 Å². The highest BCUT2D eigenvalue weighted by Gasteiger charge is 2.17. The molecular formula is C12H12O4. The lowest BCUT2D eigenvalue weighted by Crippen LogP contribution is -2.02. The zero-order valence-corrected chi connectivity index (χ0v) is 8.90. The summed E-state index contributed by atoms with van der Waals surface area (Å²) in [5.74, 6) is 0.228. The normalized spacial score (nSPS) is 14.6. The molecule has 0 bridgehead atoms. The molecule has 0 saturated carbocycles. The third-order valence-corrected chi connectivity index (χ3v) is 2.45. The van der Waals surface area contributed by atoms with E-state index in [9.17, 15) is 9.90 Å². The second-order valence-corrected chi connectivity index (χ2v) is 3.51. The van der Waals surface area contributed by atoms with Crippen molar-refractivity contribution in [2.45, 2.75) is 6.42 Å². The predicted octanol–water partition coefficient (Wildman–Crippen LogP) is 1.43. The van der Waals surface area contributed by atoms with Gasteiger partial charge in [-0.15, -0.1) is 0 Å². The largest absolute Gasteiger partial charge is 0.504 e. The first kappa shape index (κ1) is 10.5. The molecule has 0 unspecified atom stereocenters. The van der Waals surface area contributed by atoms with E-state index in [1.54, 1.807) is 24.3 Å². The van der Waals surface area contributed by atoms with E-state index in [-0.39, 0.29) is 11.7 Å². The summed E-state index contributed by atoms with van der Waals surface area (Å²) in [7, 11) is 1.49. The maximum Gasteiger partial charge on any atom is 0.334 e. The molecule has 1 aromatic rings. The number of ether oxygens (including phenoxy) is 2. The van der Waals surface area contributed by atoms with Crippen LogP contribution >= 0.6 is 0 Å². The lowest BCUT2D eigenvalue weighted by atomic mass is 10.1. The van der Waals surface area contributed by atoms with Crippen molar-refractivity contribution >= 4 is 5.97 Å². The van der Waals surface area contributed by atoms with Gasteiger partial charge in [0.2, 0.25) is 0 Å². The topological polar surface area (TPSA) is 55.8 Å². The average Bonchev–Trinajstić information content (AvgIpc) is 2.67. The molecule has 0 spiro atoms. The second kappa shape index (κ2) is 4.26. The summed E-state index contributed by atoms with van der Waals surface area (Å²) < 4.78 is 9.80. The fraction of sp³-hybridized carbons (Fsp3) is 0.250. The molecule has 1 N–H and O–H groups in total. The molecule has 2 rings (SSSR count). The van der Waals surface area contributed by atoms with Crippen LogP contribution in [0, 0.1) is 0 Å². The Morgan fingerprint density at radius 1 is 1.50 bits per heavy atom. The first-order valence-corrected chi connectivity index (χ1v) is 4.92. The number of benzene rings is 1. The van der Waals surface area contributed by atoms with Crippen molar-refractivity contribution in [2.75, 3.05) is 13.7 Å². The van der Waals surface area contributed by atoms with E-state index < -0.39 is 0 Å². The molecule has 0 atom stereocenters. The van der Waals surface area contributed by atoms with E-state index in [0.29, 0.717) is 24.4 Å². The lowest BCUT2D eigenvalue weighted by Gasteiger charge is -2.06. The minimum absolute atomic E-state index is 0.0919. The summed E-state index contributed by atoms with van der Waals surface area (Å²) in [6.07, 6.45) is 2.26. The van der Waals surface area contributed by atoms with Crippen LogP contribution < -0.4 is 4.74 Å². The number of cyclic esters (lactones) is 1. The van der Waals surface area contributed by atoms with E-state index in [0.717, 1.165) is 5.56 Å². The molecule has 4 heteroatoms. The zero-order chi connectivity index (χ0) is 11.5. The SMILES string of the molecule is COc1cc(CC2=CCOC2=O)ccc1O. The number of hydrogen-bond acceptors (Lipinski definition) is 4. The molecule has 16 heavy (non-hydrogen) atoms. The molecule has 1 heterocycles. The maximum absolute atomic E-state index is 11.2. The Morgan fingerprint density at radius 2 is 2.31 bits per heavy atom. The molecule has 1 aromatic carbocycles. The number of aromatic hydroxyl groups is 1. The molecule has 0 aliphatic carbocycles.